The quantitative estimate of drug-likeness (QED) is 0.530. The maximum Gasteiger partial charge on any atom is 0.290 e. The molecular formula is C24H19Cl2NO2. The lowest BCUT2D eigenvalue weighted by Crippen LogP contribution is -2.30. The van der Waals surface area contributed by atoms with Gasteiger partial charge in [0.2, 0.25) is 0 Å². The van der Waals surface area contributed by atoms with Gasteiger partial charge < -0.3 is 10.0 Å². The molecule has 0 radical (unpaired) electrons. The molecule has 1 unspecified atom stereocenters. The molecule has 1 aliphatic rings. The van der Waals surface area contributed by atoms with Crippen molar-refractivity contribution in [3.05, 3.63) is 111 Å². The van der Waals surface area contributed by atoms with E-state index in [1.165, 1.54) is 0 Å². The molecule has 146 valence electrons. The fourth-order valence-electron chi connectivity index (χ4n) is 3.65. The zero-order valence-corrected chi connectivity index (χ0v) is 17.3. The highest BCUT2D eigenvalue weighted by molar-refractivity contribution is 6.31. The second-order valence-electron chi connectivity index (χ2n) is 7.11. The third-order valence-electron chi connectivity index (χ3n) is 5.13. The minimum atomic E-state index is -0.491. The number of aryl methyl sites for hydroxylation is 1. The third-order valence-corrected chi connectivity index (χ3v) is 5.73. The number of benzene rings is 3. The summed E-state index contributed by atoms with van der Waals surface area (Å²) in [6, 6.07) is 22.0. The monoisotopic (exact) mass is 423 g/mol. The topological polar surface area (TPSA) is 40.5 Å². The fraction of sp³-hybridized carbons (Fsp3) is 0.125. The molecule has 1 amide bonds. The first-order chi connectivity index (χ1) is 14.0. The van der Waals surface area contributed by atoms with Crippen molar-refractivity contribution >= 4 is 34.7 Å². The van der Waals surface area contributed by atoms with Crippen molar-refractivity contribution in [3.8, 4) is 0 Å². The van der Waals surface area contributed by atoms with Gasteiger partial charge in [0, 0.05) is 22.2 Å². The first-order valence-electron chi connectivity index (χ1n) is 9.25. The molecule has 29 heavy (non-hydrogen) atoms. The Hall–Kier alpha value is -2.75. The van der Waals surface area contributed by atoms with Gasteiger partial charge in [-0.3, -0.25) is 4.79 Å². The van der Waals surface area contributed by atoms with E-state index in [2.05, 4.69) is 0 Å². The number of rotatable bonds is 4. The summed E-state index contributed by atoms with van der Waals surface area (Å²) < 4.78 is 0. The number of halogens is 2. The number of hydrogen-bond acceptors (Lipinski definition) is 2. The van der Waals surface area contributed by atoms with Gasteiger partial charge >= 0.3 is 0 Å². The SMILES string of the molecule is Cc1ccc(C2=C(O)C(=O)N(Cc3ccc(Cl)cc3)C2c2ccccc2Cl)cc1. The zero-order chi connectivity index (χ0) is 20.5. The van der Waals surface area contributed by atoms with E-state index in [0.29, 0.717) is 22.2 Å². The largest absolute Gasteiger partial charge is 0.503 e. The summed E-state index contributed by atoms with van der Waals surface area (Å²) in [6.07, 6.45) is 0. The van der Waals surface area contributed by atoms with Crippen LogP contribution in [0, 0.1) is 6.92 Å². The lowest BCUT2D eigenvalue weighted by Gasteiger charge is -2.28. The van der Waals surface area contributed by atoms with Crippen LogP contribution in [0.25, 0.3) is 5.57 Å². The Balaban J connectivity index is 1.83. The van der Waals surface area contributed by atoms with Gasteiger partial charge in [-0.25, -0.2) is 0 Å². The number of amides is 1. The van der Waals surface area contributed by atoms with Crippen molar-refractivity contribution in [2.24, 2.45) is 0 Å². The van der Waals surface area contributed by atoms with Crippen LogP contribution in [0.2, 0.25) is 10.0 Å². The number of aliphatic hydroxyl groups is 1. The van der Waals surface area contributed by atoms with Crippen molar-refractivity contribution in [1.82, 2.24) is 4.90 Å². The summed E-state index contributed by atoms with van der Waals surface area (Å²) in [4.78, 5) is 14.7. The number of nitrogens with zero attached hydrogens (tertiary/aromatic N) is 1. The van der Waals surface area contributed by atoms with Gasteiger partial charge in [0.15, 0.2) is 5.76 Å². The van der Waals surface area contributed by atoms with Crippen LogP contribution in [-0.2, 0) is 11.3 Å². The van der Waals surface area contributed by atoms with Crippen LogP contribution >= 0.6 is 23.2 Å². The standard InChI is InChI=1S/C24H19Cl2NO2/c1-15-6-10-17(11-7-15)21-22(19-4-2-3-5-20(19)26)27(24(29)23(21)28)14-16-8-12-18(25)13-9-16/h2-13,22,28H,14H2,1H3. The van der Waals surface area contributed by atoms with Gasteiger partial charge in [0.05, 0.1) is 6.04 Å². The number of carbonyl (C=O) groups excluding carboxylic acids is 1. The van der Waals surface area contributed by atoms with Gasteiger partial charge in [0.1, 0.15) is 0 Å². The van der Waals surface area contributed by atoms with E-state index >= 15 is 0 Å². The molecule has 0 saturated heterocycles. The molecule has 0 saturated carbocycles. The molecule has 1 N–H and O–H groups in total. The minimum Gasteiger partial charge on any atom is -0.503 e. The Bertz CT molecular complexity index is 1090. The maximum atomic E-state index is 13.1. The van der Waals surface area contributed by atoms with E-state index in [4.69, 9.17) is 23.2 Å². The van der Waals surface area contributed by atoms with Crippen molar-refractivity contribution in [2.45, 2.75) is 19.5 Å². The summed E-state index contributed by atoms with van der Waals surface area (Å²) in [6.45, 7) is 2.32. The van der Waals surface area contributed by atoms with E-state index in [-0.39, 0.29) is 5.76 Å². The van der Waals surface area contributed by atoms with Gasteiger partial charge in [-0.1, -0.05) is 83.4 Å². The molecular weight excluding hydrogens is 405 g/mol. The highest BCUT2D eigenvalue weighted by Gasteiger charge is 2.41. The first kappa shape index (κ1) is 19.6. The minimum absolute atomic E-state index is 0.243. The van der Waals surface area contributed by atoms with E-state index in [0.717, 1.165) is 22.3 Å². The molecule has 3 aromatic rings. The Kier molecular flexibility index (Phi) is 5.35. The molecule has 0 bridgehead atoms. The second kappa shape index (κ2) is 7.94. The Morgan fingerprint density at radius 1 is 0.931 bits per heavy atom. The van der Waals surface area contributed by atoms with E-state index in [9.17, 15) is 9.90 Å². The number of hydrogen-bond donors (Lipinski definition) is 1. The lowest BCUT2D eigenvalue weighted by molar-refractivity contribution is -0.130. The molecule has 4 rings (SSSR count). The molecule has 1 aliphatic heterocycles. The molecule has 3 nitrogen and oxygen atoms in total. The van der Waals surface area contributed by atoms with Crippen LogP contribution in [0.1, 0.15) is 28.3 Å². The fourth-order valence-corrected chi connectivity index (χ4v) is 4.02. The second-order valence-corrected chi connectivity index (χ2v) is 7.96. The summed E-state index contributed by atoms with van der Waals surface area (Å²) in [5.74, 6) is -0.659. The Morgan fingerprint density at radius 3 is 2.24 bits per heavy atom. The van der Waals surface area contributed by atoms with Gasteiger partial charge in [-0.05, 0) is 41.8 Å². The predicted molar refractivity (Wildman–Crippen MR) is 117 cm³/mol. The lowest BCUT2D eigenvalue weighted by atomic mass is 9.93. The van der Waals surface area contributed by atoms with Gasteiger partial charge in [-0.15, -0.1) is 0 Å². The van der Waals surface area contributed by atoms with E-state index in [1.807, 2.05) is 61.5 Å². The van der Waals surface area contributed by atoms with Crippen molar-refractivity contribution in [3.63, 3.8) is 0 Å². The van der Waals surface area contributed by atoms with Crippen LogP contribution in [0.4, 0.5) is 0 Å². The molecule has 0 spiro atoms. The van der Waals surface area contributed by atoms with E-state index in [1.54, 1.807) is 23.1 Å². The van der Waals surface area contributed by atoms with Crippen LogP contribution < -0.4 is 0 Å². The van der Waals surface area contributed by atoms with Crippen molar-refractivity contribution < 1.29 is 9.90 Å². The summed E-state index contributed by atoms with van der Waals surface area (Å²) in [7, 11) is 0. The predicted octanol–water partition coefficient (Wildman–Crippen LogP) is 6.35. The van der Waals surface area contributed by atoms with E-state index < -0.39 is 11.9 Å². The highest BCUT2D eigenvalue weighted by atomic mass is 35.5. The van der Waals surface area contributed by atoms with Crippen LogP contribution in [0.15, 0.2) is 78.6 Å². The highest BCUT2D eigenvalue weighted by Crippen LogP contribution is 2.45. The smallest absolute Gasteiger partial charge is 0.290 e. The Labute approximate surface area is 179 Å². The van der Waals surface area contributed by atoms with Crippen LogP contribution in [0.3, 0.4) is 0 Å². The third kappa shape index (κ3) is 3.76. The number of carbonyl (C=O) groups is 1. The molecule has 3 aromatic carbocycles. The molecule has 1 heterocycles. The van der Waals surface area contributed by atoms with Gasteiger partial charge in [-0.2, -0.15) is 0 Å². The van der Waals surface area contributed by atoms with Crippen LogP contribution in [0.5, 0.6) is 0 Å². The molecule has 0 aliphatic carbocycles. The average Bonchev–Trinajstić information content (AvgIpc) is 2.95. The van der Waals surface area contributed by atoms with Crippen LogP contribution in [-0.4, -0.2) is 15.9 Å². The number of aliphatic hydroxyl groups excluding tert-OH is 1. The summed E-state index contributed by atoms with van der Waals surface area (Å²) in [5.41, 5.74) is 4.15. The molecule has 0 aromatic heterocycles. The zero-order valence-electron chi connectivity index (χ0n) is 15.8. The normalized spacial score (nSPS) is 16.6. The van der Waals surface area contributed by atoms with Gasteiger partial charge in [0.25, 0.3) is 5.91 Å². The molecule has 5 heteroatoms. The first-order valence-corrected chi connectivity index (χ1v) is 10.0. The molecule has 0 fully saturated rings. The molecule has 1 atom stereocenters. The van der Waals surface area contributed by atoms with Crippen molar-refractivity contribution in [1.29, 1.82) is 0 Å². The van der Waals surface area contributed by atoms with Crippen molar-refractivity contribution in [2.75, 3.05) is 0 Å². The Morgan fingerprint density at radius 2 is 1.59 bits per heavy atom. The average molecular weight is 424 g/mol. The summed E-state index contributed by atoms with van der Waals surface area (Å²) in [5, 5.41) is 12.0. The maximum absolute atomic E-state index is 13.1. The summed E-state index contributed by atoms with van der Waals surface area (Å²) >= 11 is 12.5.